The largest absolute Gasteiger partial charge is 0.418 e. The van der Waals surface area contributed by atoms with Gasteiger partial charge in [0, 0.05) is 11.4 Å². The van der Waals surface area contributed by atoms with E-state index in [1.807, 2.05) is 0 Å². The van der Waals surface area contributed by atoms with Crippen LogP contribution in [0.15, 0.2) is 48.5 Å². The Morgan fingerprint density at radius 2 is 1.27 bits per heavy atom. The monoisotopic (exact) mass is 322 g/mol. The van der Waals surface area contributed by atoms with E-state index in [-0.39, 0.29) is 11.4 Å². The van der Waals surface area contributed by atoms with Crippen LogP contribution in [0, 0.1) is 0 Å². The number of nitrogens with two attached hydrogens (primary N) is 2. The maximum atomic E-state index is 12.0. The highest BCUT2D eigenvalue weighted by Gasteiger charge is 2.32. The van der Waals surface area contributed by atoms with Crippen LogP contribution in [-0.2, 0) is 12.4 Å². The molecule has 0 aromatic heterocycles. The van der Waals surface area contributed by atoms with Gasteiger partial charge in [-0.15, -0.1) is 0 Å². The van der Waals surface area contributed by atoms with Gasteiger partial charge in [0.05, 0.1) is 11.1 Å². The molecule has 0 aliphatic rings. The van der Waals surface area contributed by atoms with Crippen molar-refractivity contribution in [1.29, 1.82) is 0 Å². The Labute approximate surface area is 122 Å². The molecule has 120 valence electrons. The quantitative estimate of drug-likeness (QED) is 0.551. The van der Waals surface area contributed by atoms with Gasteiger partial charge in [0.2, 0.25) is 0 Å². The SMILES string of the molecule is Nc1cccc(C(F)(F)F)c1.Nc1ccccc1C(F)(F)F. The first-order valence-corrected chi connectivity index (χ1v) is 5.86. The molecule has 2 nitrogen and oxygen atoms in total. The minimum absolute atomic E-state index is 0.125. The Bertz CT molecular complexity index is 619. The predicted octanol–water partition coefficient (Wildman–Crippen LogP) is 4.58. The maximum absolute atomic E-state index is 12.0. The molecule has 0 bridgehead atoms. The van der Waals surface area contributed by atoms with Crippen LogP contribution in [0.3, 0.4) is 0 Å². The van der Waals surface area contributed by atoms with Crippen molar-refractivity contribution in [1.82, 2.24) is 0 Å². The third-order valence-corrected chi connectivity index (χ3v) is 2.48. The smallest absolute Gasteiger partial charge is 0.399 e. The second-order valence-electron chi connectivity index (χ2n) is 4.21. The molecular weight excluding hydrogens is 310 g/mol. The number of rotatable bonds is 0. The number of hydrogen-bond donors (Lipinski definition) is 2. The van der Waals surface area contributed by atoms with Crippen LogP contribution in [0.5, 0.6) is 0 Å². The Kier molecular flexibility index (Phi) is 5.29. The number of hydrogen-bond acceptors (Lipinski definition) is 2. The zero-order valence-electron chi connectivity index (χ0n) is 11.0. The molecule has 22 heavy (non-hydrogen) atoms. The van der Waals surface area contributed by atoms with Crippen molar-refractivity contribution in [3.8, 4) is 0 Å². The van der Waals surface area contributed by atoms with Gasteiger partial charge in [0.1, 0.15) is 0 Å². The summed E-state index contributed by atoms with van der Waals surface area (Å²) in [6.07, 6.45) is -8.64. The number of para-hydroxylation sites is 1. The summed E-state index contributed by atoms with van der Waals surface area (Å²) in [5, 5.41) is 0. The molecule has 8 heteroatoms. The van der Waals surface area contributed by atoms with Crippen LogP contribution in [-0.4, -0.2) is 0 Å². The van der Waals surface area contributed by atoms with Gasteiger partial charge < -0.3 is 11.5 Å². The molecule has 2 aromatic carbocycles. The van der Waals surface area contributed by atoms with Crippen molar-refractivity contribution >= 4 is 11.4 Å². The van der Waals surface area contributed by atoms with E-state index in [2.05, 4.69) is 0 Å². The highest BCUT2D eigenvalue weighted by molar-refractivity contribution is 5.47. The molecule has 0 amide bonds. The van der Waals surface area contributed by atoms with E-state index in [4.69, 9.17) is 11.5 Å². The third kappa shape index (κ3) is 5.19. The fourth-order valence-electron chi connectivity index (χ4n) is 1.47. The summed E-state index contributed by atoms with van der Waals surface area (Å²) in [6, 6.07) is 9.52. The summed E-state index contributed by atoms with van der Waals surface area (Å²) in [6.45, 7) is 0. The summed E-state index contributed by atoms with van der Waals surface area (Å²) in [4.78, 5) is 0. The summed E-state index contributed by atoms with van der Waals surface area (Å²) in [5.74, 6) is 0. The van der Waals surface area contributed by atoms with E-state index in [1.165, 1.54) is 30.3 Å². The topological polar surface area (TPSA) is 52.0 Å². The van der Waals surface area contributed by atoms with E-state index < -0.39 is 23.5 Å². The highest BCUT2D eigenvalue weighted by atomic mass is 19.4. The Balaban J connectivity index is 0.000000220. The van der Waals surface area contributed by atoms with E-state index in [0.29, 0.717) is 0 Å². The minimum atomic E-state index is -4.34. The van der Waals surface area contributed by atoms with Crippen LogP contribution in [0.4, 0.5) is 37.7 Å². The molecule has 0 atom stereocenters. The van der Waals surface area contributed by atoms with Crippen LogP contribution in [0.2, 0.25) is 0 Å². The average molecular weight is 322 g/mol. The average Bonchev–Trinajstić information content (AvgIpc) is 2.37. The molecular formula is C14H12F6N2. The lowest BCUT2D eigenvalue weighted by Gasteiger charge is -2.07. The molecule has 0 saturated heterocycles. The lowest BCUT2D eigenvalue weighted by molar-refractivity contribution is -0.138. The number of alkyl halides is 6. The fourth-order valence-corrected chi connectivity index (χ4v) is 1.47. The molecule has 2 aromatic rings. The molecule has 0 heterocycles. The van der Waals surface area contributed by atoms with Crippen molar-refractivity contribution < 1.29 is 26.3 Å². The van der Waals surface area contributed by atoms with Gasteiger partial charge in [-0.25, -0.2) is 0 Å². The number of nitrogen functional groups attached to an aromatic ring is 2. The predicted molar refractivity (Wildman–Crippen MR) is 71.7 cm³/mol. The number of benzene rings is 2. The minimum Gasteiger partial charge on any atom is -0.399 e. The molecule has 4 N–H and O–H groups in total. The van der Waals surface area contributed by atoms with E-state index in [9.17, 15) is 26.3 Å². The van der Waals surface area contributed by atoms with Gasteiger partial charge in [-0.1, -0.05) is 18.2 Å². The Hall–Kier alpha value is -2.38. The lowest BCUT2D eigenvalue weighted by atomic mass is 10.2. The summed E-state index contributed by atoms with van der Waals surface area (Å²) in [7, 11) is 0. The van der Waals surface area contributed by atoms with Crippen LogP contribution < -0.4 is 11.5 Å². The van der Waals surface area contributed by atoms with Gasteiger partial charge in [-0.3, -0.25) is 0 Å². The molecule has 0 fully saturated rings. The molecule has 0 aliphatic heterocycles. The molecule has 0 radical (unpaired) electrons. The summed E-state index contributed by atoms with van der Waals surface area (Å²) >= 11 is 0. The van der Waals surface area contributed by atoms with Crippen LogP contribution in [0.1, 0.15) is 11.1 Å². The van der Waals surface area contributed by atoms with Crippen LogP contribution >= 0.6 is 0 Å². The zero-order chi connectivity index (χ0) is 17.0. The van der Waals surface area contributed by atoms with E-state index in [1.54, 1.807) is 0 Å². The second kappa shape index (κ2) is 6.59. The second-order valence-corrected chi connectivity index (χ2v) is 4.21. The summed E-state index contributed by atoms with van der Waals surface area (Å²) in [5.41, 5.74) is 8.64. The lowest BCUT2D eigenvalue weighted by Crippen LogP contribution is -2.07. The Morgan fingerprint density at radius 1 is 0.682 bits per heavy atom. The van der Waals surface area contributed by atoms with E-state index in [0.717, 1.165) is 18.2 Å². The first-order valence-electron chi connectivity index (χ1n) is 5.86. The normalized spacial score (nSPS) is 11.5. The highest BCUT2D eigenvalue weighted by Crippen LogP contribution is 2.32. The molecule has 0 spiro atoms. The fraction of sp³-hybridized carbons (Fsp3) is 0.143. The van der Waals surface area contributed by atoms with Gasteiger partial charge in [0.25, 0.3) is 0 Å². The van der Waals surface area contributed by atoms with Crippen molar-refractivity contribution in [3.63, 3.8) is 0 Å². The number of halogens is 6. The van der Waals surface area contributed by atoms with Gasteiger partial charge in [-0.05, 0) is 30.3 Å². The first-order chi connectivity index (χ1) is 10.0. The molecule has 2 rings (SSSR count). The zero-order valence-corrected chi connectivity index (χ0v) is 11.0. The van der Waals surface area contributed by atoms with Gasteiger partial charge in [0.15, 0.2) is 0 Å². The van der Waals surface area contributed by atoms with Crippen LogP contribution in [0.25, 0.3) is 0 Å². The molecule has 0 saturated carbocycles. The van der Waals surface area contributed by atoms with Gasteiger partial charge in [-0.2, -0.15) is 26.3 Å². The standard InChI is InChI=1S/2C7H6F3N/c8-7(9,10)5-2-1-3-6(11)4-5;8-7(9,10)5-3-1-2-4-6(5)11/h2*1-4H,11H2. The van der Waals surface area contributed by atoms with Crippen molar-refractivity contribution in [2.75, 3.05) is 11.5 Å². The third-order valence-electron chi connectivity index (χ3n) is 2.48. The summed E-state index contributed by atoms with van der Waals surface area (Å²) < 4.78 is 71.6. The number of anilines is 2. The van der Waals surface area contributed by atoms with Crippen molar-refractivity contribution in [2.24, 2.45) is 0 Å². The maximum Gasteiger partial charge on any atom is 0.418 e. The van der Waals surface area contributed by atoms with E-state index >= 15 is 0 Å². The van der Waals surface area contributed by atoms with Gasteiger partial charge >= 0.3 is 12.4 Å². The molecule has 0 aliphatic carbocycles. The Morgan fingerprint density at radius 3 is 1.64 bits per heavy atom. The molecule has 0 unspecified atom stereocenters. The first kappa shape index (κ1) is 17.7. The van der Waals surface area contributed by atoms with Crippen molar-refractivity contribution in [3.05, 3.63) is 59.7 Å². The van der Waals surface area contributed by atoms with Crippen molar-refractivity contribution in [2.45, 2.75) is 12.4 Å².